The van der Waals surface area contributed by atoms with Gasteiger partial charge in [0.05, 0.1) is 24.8 Å². The molecule has 14 heteroatoms. The highest BCUT2D eigenvalue weighted by atomic mass is 19.4. The van der Waals surface area contributed by atoms with E-state index in [2.05, 4.69) is 20.3 Å². The minimum absolute atomic E-state index is 0.00600. The van der Waals surface area contributed by atoms with Gasteiger partial charge in [0, 0.05) is 35.6 Å². The van der Waals surface area contributed by atoms with Crippen molar-refractivity contribution in [2.24, 2.45) is 5.92 Å². The van der Waals surface area contributed by atoms with Crippen molar-refractivity contribution in [3.05, 3.63) is 71.7 Å². The van der Waals surface area contributed by atoms with Gasteiger partial charge in [-0.3, -0.25) is 14.0 Å². The highest BCUT2D eigenvalue weighted by molar-refractivity contribution is 6.04. The van der Waals surface area contributed by atoms with E-state index in [1.54, 1.807) is 15.5 Å². The van der Waals surface area contributed by atoms with E-state index in [4.69, 9.17) is 10.5 Å². The third-order valence-electron chi connectivity index (χ3n) is 6.92. The largest absolute Gasteiger partial charge is 0.416 e. The molecule has 2 atom stereocenters. The van der Waals surface area contributed by atoms with Gasteiger partial charge in [-0.25, -0.2) is 19.3 Å². The molecule has 2 amide bonds. The second-order valence-corrected chi connectivity index (χ2v) is 10.2. The number of carbonyl (C=O) groups is 2. The molecule has 1 aromatic carbocycles. The molecule has 1 aliphatic rings. The van der Waals surface area contributed by atoms with E-state index >= 15 is 4.39 Å². The Balaban J connectivity index is 1.47. The Hall–Kier alpha value is -4.59. The predicted molar refractivity (Wildman–Crippen MR) is 145 cm³/mol. The van der Waals surface area contributed by atoms with Gasteiger partial charge in [0.2, 0.25) is 5.91 Å². The summed E-state index contributed by atoms with van der Waals surface area (Å²) in [6.45, 7) is 6.02. The summed E-state index contributed by atoms with van der Waals surface area (Å²) in [7, 11) is 0. The Morgan fingerprint density at radius 3 is 2.60 bits per heavy atom. The number of nitrogens with one attached hydrogen (secondary N) is 1. The van der Waals surface area contributed by atoms with E-state index in [0.29, 0.717) is 17.4 Å². The summed E-state index contributed by atoms with van der Waals surface area (Å²) in [5, 5.41) is 2.25. The summed E-state index contributed by atoms with van der Waals surface area (Å²) < 4.78 is 62.3. The summed E-state index contributed by atoms with van der Waals surface area (Å²) in [4.78, 5) is 39.8. The number of nitrogens with zero attached hydrogens (tertiary/aromatic N) is 5. The minimum Gasteiger partial charge on any atom is -0.382 e. The molecule has 3 N–H and O–H groups in total. The topological polar surface area (TPSA) is 128 Å². The van der Waals surface area contributed by atoms with Crippen LogP contribution in [-0.2, 0) is 15.7 Å². The van der Waals surface area contributed by atoms with Crippen molar-refractivity contribution in [2.45, 2.75) is 39.1 Å². The molecule has 0 aliphatic carbocycles. The van der Waals surface area contributed by atoms with E-state index in [9.17, 15) is 22.8 Å². The van der Waals surface area contributed by atoms with Crippen molar-refractivity contribution in [3.63, 3.8) is 0 Å². The van der Waals surface area contributed by atoms with Crippen LogP contribution in [0.2, 0.25) is 0 Å². The van der Waals surface area contributed by atoms with Crippen molar-refractivity contribution < 1.29 is 31.9 Å². The van der Waals surface area contributed by atoms with Crippen LogP contribution >= 0.6 is 0 Å². The Kier molecular flexibility index (Phi) is 7.58. The average molecular weight is 586 g/mol. The van der Waals surface area contributed by atoms with Crippen LogP contribution in [0.4, 0.5) is 29.2 Å². The van der Waals surface area contributed by atoms with Gasteiger partial charge in [-0.05, 0) is 37.3 Å². The number of fused-ring (bicyclic) bond motifs is 1. The van der Waals surface area contributed by atoms with Crippen LogP contribution in [0.3, 0.4) is 0 Å². The third-order valence-corrected chi connectivity index (χ3v) is 6.92. The van der Waals surface area contributed by atoms with E-state index in [0.717, 1.165) is 18.3 Å². The molecule has 4 aromatic rings. The summed E-state index contributed by atoms with van der Waals surface area (Å²) in [5.74, 6) is -1.81. The SMILES string of the molecule is CC(C)C(=O)N1C[C@H](c2nc(-c3ccc(C(=O)Nc4cc(C(F)(F)F)ccn4)cc3F)c3c(N)nccn23)OC[C@@H]1C. The Morgan fingerprint density at radius 1 is 1.14 bits per heavy atom. The van der Waals surface area contributed by atoms with Gasteiger partial charge in [-0.15, -0.1) is 0 Å². The fourth-order valence-corrected chi connectivity index (χ4v) is 4.77. The molecule has 10 nitrogen and oxygen atoms in total. The Bertz CT molecular complexity index is 1670. The average Bonchev–Trinajstić information content (AvgIpc) is 3.33. The number of morpholine rings is 1. The molecule has 0 saturated carbocycles. The highest BCUT2D eigenvalue weighted by Gasteiger charge is 2.35. The number of hydrogen-bond acceptors (Lipinski definition) is 7. The fourth-order valence-electron chi connectivity index (χ4n) is 4.77. The predicted octanol–water partition coefficient (Wildman–Crippen LogP) is 4.73. The van der Waals surface area contributed by atoms with Crippen LogP contribution in [0.1, 0.15) is 48.6 Å². The molecule has 220 valence electrons. The van der Waals surface area contributed by atoms with E-state index < -0.39 is 29.6 Å². The van der Waals surface area contributed by atoms with Crippen molar-refractivity contribution in [1.29, 1.82) is 0 Å². The van der Waals surface area contributed by atoms with Crippen LogP contribution < -0.4 is 11.1 Å². The number of pyridine rings is 1. The fraction of sp³-hybridized carbons (Fsp3) is 0.321. The maximum Gasteiger partial charge on any atom is 0.416 e. The maximum absolute atomic E-state index is 15.5. The third kappa shape index (κ3) is 5.49. The number of carbonyl (C=O) groups excluding carboxylic acids is 2. The summed E-state index contributed by atoms with van der Waals surface area (Å²) in [6.07, 6.45) is -1.28. The number of ether oxygens (including phenoxy) is 1. The number of aromatic nitrogens is 4. The highest BCUT2D eigenvalue weighted by Crippen LogP contribution is 2.35. The lowest BCUT2D eigenvalue weighted by molar-refractivity contribution is -0.148. The summed E-state index contributed by atoms with van der Waals surface area (Å²) >= 11 is 0. The van der Waals surface area contributed by atoms with Gasteiger partial charge in [0.25, 0.3) is 5.91 Å². The molecule has 0 radical (unpaired) electrons. The lowest BCUT2D eigenvalue weighted by atomic mass is 10.1. The first kappa shape index (κ1) is 28.9. The number of alkyl halides is 3. The first-order valence-corrected chi connectivity index (χ1v) is 13.0. The molecule has 1 aliphatic heterocycles. The molecule has 0 bridgehead atoms. The van der Waals surface area contributed by atoms with Crippen LogP contribution in [0.5, 0.6) is 0 Å². The standard InChI is InChI=1S/C28H27F4N7O3/c1-14(2)27(41)39-12-20(42-13-15(39)3)25-37-22(23-24(33)35-8-9-38(23)25)18-5-4-16(10-19(18)29)26(40)36-21-11-17(6-7-34-21)28(30,31)32/h4-11,14-15,20H,12-13H2,1-3H3,(H2,33,35)(H,34,36,40)/t15-,20+/m0/s1. The van der Waals surface area contributed by atoms with Crippen molar-refractivity contribution >= 4 is 29.0 Å². The second kappa shape index (κ2) is 11.0. The molecule has 0 unspecified atom stereocenters. The molecule has 0 spiro atoms. The number of imidazole rings is 1. The zero-order valence-electron chi connectivity index (χ0n) is 22.8. The molecular formula is C28H27F4N7O3. The Labute approximate surface area is 237 Å². The Morgan fingerprint density at radius 2 is 1.90 bits per heavy atom. The number of nitrogens with two attached hydrogens (primary N) is 1. The van der Waals surface area contributed by atoms with E-state index in [1.807, 2.05) is 20.8 Å². The lowest BCUT2D eigenvalue weighted by Gasteiger charge is -2.38. The number of nitrogen functional groups attached to an aromatic ring is 1. The number of hydrogen-bond donors (Lipinski definition) is 2. The monoisotopic (exact) mass is 585 g/mol. The molecular weight excluding hydrogens is 558 g/mol. The first-order chi connectivity index (χ1) is 19.8. The van der Waals surface area contributed by atoms with Crippen LogP contribution in [0.15, 0.2) is 48.9 Å². The van der Waals surface area contributed by atoms with Gasteiger partial charge in [-0.2, -0.15) is 13.2 Å². The number of halogens is 4. The van der Waals surface area contributed by atoms with Crippen LogP contribution in [0.25, 0.3) is 16.8 Å². The van der Waals surface area contributed by atoms with E-state index in [1.165, 1.54) is 18.3 Å². The molecule has 1 saturated heterocycles. The summed E-state index contributed by atoms with van der Waals surface area (Å²) in [5.41, 5.74) is 5.49. The van der Waals surface area contributed by atoms with Gasteiger partial charge < -0.3 is 20.7 Å². The number of anilines is 2. The second-order valence-electron chi connectivity index (χ2n) is 10.2. The number of amides is 2. The minimum atomic E-state index is -4.62. The van der Waals surface area contributed by atoms with Gasteiger partial charge >= 0.3 is 6.18 Å². The molecule has 42 heavy (non-hydrogen) atoms. The normalized spacial score (nSPS) is 17.6. The molecule has 4 heterocycles. The van der Waals surface area contributed by atoms with E-state index in [-0.39, 0.29) is 59.5 Å². The molecule has 3 aromatic heterocycles. The van der Waals surface area contributed by atoms with Crippen molar-refractivity contribution in [1.82, 2.24) is 24.3 Å². The zero-order chi connectivity index (χ0) is 30.3. The van der Waals surface area contributed by atoms with Gasteiger partial charge in [-0.1, -0.05) is 13.8 Å². The number of rotatable bonds is 5. The van der Waals surface area contributed by atoms with Crippen LogP contribution in [0, 0.1) is 11.7 Å². The zero-order valence-corrected chi connectivity index (χ0v) is 22.8. The van der Waals surface area contributed by atoms with Gasteiger partial charge in [0.15, 0.2) is 0 Å². The maximum atomic E-state index is 15.5. The molecule has 5 rings (SSSR count). The molecule has 1 fully saturated rings. The van der Waals surface area contributed by atoms with Crippen LogP contribution in [-0.4, -0.2) is 55.3 Å². The quantitative estimate of drug-likeness (QED) is 0.324. The van der Waals surface area contributed by atoms with Gasteiger partial charge in [0.1, 0.15) is 40.6 Å². The summed E-state index contributed by atoms with van der Waals surface area (Å²) in [6, 6.07) is 4.88. The lowest BCUT2D eigenvalue weighted by Crippen LogP contribution is -2.49. The first-order valence-electron chi connectivity index (χ1n) is 13.0. The number of benzene rings is 1. The van der Waals surface area contributed by atoms with Crippen molar-refractivity contribution in [3.8, 4) is 11.3 Å². The van der Waals surface area contributed by atoms with Crippen molar-refractivity contribution in [2.75, 3.05) is 24.2 Å². The smallest absolute Gasteiger partial charge is 0.382 e.